The smallest absolute Gasteiger partial charge is 0.341 e. The van der Waals surface area contributed by atoms with Crippen LogP contribution in [0.4, 0.5) is 0 Å². The molecule has 0 radical (unpaired) electrons. The standard InChI is InChI=1S/C24H30O5/c25-21(15-5-2-1-3-6-15)10-9-18-19-11-16-7-4-8-23(29-14-24(27)28)20(16)12-17(19)13-22(18)26/h4,7-8,15,17-19,21-22,25-26H,1-3,5-6,11-14H2,(H,27,28)/t17-,18+,19-,21+,22+/m0/s1. The Morgan fingerprint density at radius 2 is 2.00 bits per heavy atom. The van der Waals surface area contributed by atoms with E-state index in [0.29, 0.717) is 18.1 Å². The van der Waals surface area contributed by atoms with E-state index in [1.807, 2.05) is 12.1 Å². The van der Waals surface area contributed by atoms with Crippen LogP contribution in [0.1, 0.15) is 49.7 Å². The van der Waals surface area contributed by atoms with Gasteiger partial charge in [-0.15, -0.1) is 0 Å². The van der Waals surface area contributed by atoms with Gasteiger partial charge in [0.25, 0.3) is 0 Å². The molecule has 1 aromatic rings. The molecule has 0 heterocycles. The molecule has 3 aliphatic rings. The number of carbonyl (C=O) groups is 1. The number of carboxylic acids is 1. The Morgan fingerprint density at radius 1 is 1.21 bits per heavy atom. The van der Waals surface area contributed by atoms with Gasteiger partial charge < -0.3 is 20.1 Å². The van der Waals surface area contributed by atoms with E-state index in [9.17, 15) is 15.0 Å². The monoisotopic (exact) mass is 398 g/mol. The minimum Gasteiger partial charge on any atom is -0.482 e. The molecule has 3 N–H and O–H groups in total. The molecule has 0 unspecified atom stereocenters. The molecule has 29 heavy (non-hydrogen) atoms. The molecule has 5 nitrogen and oxygen atoms in total. The lowest BCUT2D eigenvalue weighted by atomic mass is 9.74. The van der Waals surface area contributed by atoms with Gasteiger partial charge in [-0.3, -0.25) is 0 Å². The molecule has 0 aliphatic heterocycles. The molecule has 156 valence electrons. The second-order valence-corrected chi connectivity index (χ2v) is 8.87. The number of hydrogen-bond acceptors (Lipinski definition) is 4. The van der Waals surface area contributed by atoms with Gasteiger partial charge in [0.1, 0.15) is 11.9 Å². The normalized spacial score (nSPS) is 29.9. The van der Waals surface area contributed by atoms with Crippen molar-refractivity contribution in [3.05, 3.63) is 29.3 Å². The van der Waals surface area contributed by atoms with Gasteiger partial charge in [-0.25, -0.2) is 4.79 Å². The van der Waals surface area contributed by atoms with E-state index in [1.165, 1.54) is 19.3 Å². The van der Waals surface area contributed by atoms with Crippen LogP contribution in [-0.2, 0) is 17.6 Å². The van der Waals surface area contributed by atoms with Crippen LogP contribution < -0.4 is 4.74 Å². The van der Waals surface area contributed by atoms with Crippen LogP contribution in [0.25, 0.3) is 0 Å². The van der Waals surface area contributed by atoms with Gasteiger partial charge in [-0.05, 0) is 67.1 Å². The molecular weight excluding hydrogens is 368 g/mol. The van der Waals surface area contributed by atoms with Crippen LogP contribution in [0.5, 0.6) is 5.75 Å². The first kappa shape index (κ1) is 20.3. The number of aliphatic hydroxyl groups excluding tert-OH is 2. The summed E-state index contributed by atoms with van der Waals surface area (Å²) in [5.41, 5.74) is 2.22. The van der Waals surface area contributed by atoms with Crippen molar-refractivity contribution >= 4 is 5.97 Å². The Kier molecular flexibility index (Phi) is 6.12. The quantitative estimate of drug-likeness (QED) is 0.679. The highest BCUT2D eigenvalue weighted by Gasteiger charge is 2.44. The van der Waals surface area contributed by atoms with E-state index >= 15 is 0 Å². The highest BCUT2D eigenvalue weighted by molar-refractivity contribution is 5.68. The lowest BCUT2D eigenvalue weighted by Crippen LogP contribution is -2.27. The van der Waals surface area contributed by atoms with Gasteiger partial charge in [0, 0.05) is 5.92 Å². The number of benzene rings is 1. The second kappa shape index (κ2) is 8.77. The first-order chi connectivity index (χ1) is 14.0. The van der Waals surface area contributed by atoms with Crippen molar-refractivity contribution in [2.75, 3.05) is 6.61 Å². The zero-order valence-corrected chi connectivity index (χ0v) is 16.7. The highest BCUT2D eigenvalue weighted by Crippen LogP contribution is 2.46. The third-order valence-electron chi connectivity index (χ3n) is 7.02. The summed E-state index contributed by atoms with van der Waals surface area (Å²) in [7, 11) is 0. The summed E-state index contributed by atoms with van der Waals surface area (Å²) in [4.78, 5) is 10.9. The lowest BCUT2D eigenvalue weighted by molar-refractivity contribution is -0.139. The van der Waals surface area contributed by atoms with Crippen LogP contribution >= 0.6 is 0 Å². The van der Waals surface area contributed by atoms with Gasteiger partial charge in [0.15, 0.2) is 6.61 Å². The molecule has 4 rings (SSSR count). The molecule has 0 bridgehead atoms. The van der Waals surface area contributed by atoms with Crippen molar-refractivity contribution in [1.29, 1.82) is 0 Å². The average molecular weight is 398 g/mol. The van der Waals surface area contributed by atoms with Crippen LogP contribution in [0.15, 0.2) is 18.2 Å². The van der Waals surface area contributed by atoms with Crippen molar-refractivity contribution < 1.29 is 24.9 Å². The van der Waals surface area contributed by atoms with Crippen molar-refractivity contribution in [3.63, 3.8) is 0 Å². The molecule has 0 saturated heterocycles. The van der Waals surface area contributed by atoms with Gasteiger partial charge in [-0.2, -0.15) is 0 Å². The number of fused-ring (bicyclic) bond motifs is 2. The molecule has 2 fully saturated rings. The summed E-state index contributed by atoms with van der Waals surface area (Å²) < 4.78 is 5.49. The van der Waals surface area contributed by atoms with Crippen LogP contribution in [0.3, 0.4) is 0 Å². The Labute approximate surface area is 172 Å². The molecule has 3 aliphatic carbocycles. The largest absolute Gasteiger partial charge is 0.482 e. The van der Waals surface area contributed by atoms with Crippen molar-refractivity contribution in [2.24, 2.45) is 23.7 Å². The van der Waals surface area contributed by atoms with Crippen molar-refractivity contribution in [2.45, 2.75) is 63.6 Å². The van der Waals surface area contributed by atoms with E-state index in [1.54, 1.807) is 0 Å². The number of carboxylic acid groups (broad SMARTS) is 1. The SMILES string of the molecule is O=C(O)COc1cccc2c1C[C@H]1C[C@@H](O)[C@H](C#C[C@@H](O)C3CCCCC3)[C@H]1C2. The third-order valence-corrected chi connectivity index (χ3v) is 7.02. The van der Waals surface area contributed by atoms with E-state index < -0.39 is 18.2 Å². The Bertz CT molecular complexity index is 801. The zero-order chi connectivity index (χ0) is 20.4. The Hall–Kier alpha value is -2.03. The van der Waals surface area contributed by atoms with Crippen molar-refractivity contribution in [3.8, 4) is 17.6 Å². The summed E-state index contributed by atoms with van der Waals surface area (Å²) in [6.45, 7) is -0.347. The first-order valence-electron chi connectivity index (χ1n) is 10.9. The van der Waals surface area contributed by atoms with Crippen LogP contribution in [0.2, 0.25) is 0 Å². The summed E-state index contributed by atoms with van der Waals surface area (Å²) in [6, 6.07) is 5.78. The predicted molar refractivity (Wildman–Crippen MR) is 108 cm³/mol. The summed E-state index contributed by atoms with van der Waals surface area (Å²) in [5, 5.41) is 30.1. The molecule has 5 heteroatoms. The fourth-order valence-corrected chi connectivity index (χ4v) is 5.52. The zero-order valence-electron chi connectivity index (χ0n) is 16.7. The second-order valence-electron chi connectivity index (χ2n) is 8.87. The predicted octanol–water partition coefficient (Wildman–Crippen LogP) is 2.81. The molecule has 0 amide bonds. The van der Waals surface area contributed by atoms with E-state index in [-0.39, 0.29) is 24.4 Å². The van der Waals surface area contributed by atoms with Gasteiger partial charge >= 0.3 is 5.97 Å². The summed E-state index contributed by atoms with van der Waals surface area (Å²) in [5.74, 6) is 6.71. The minimum atomic E-state index is -0.987. The average Bonchev–Trinajstić information content (AvgIpc) is 3.03. The molecule has 0 aromatic heterocycles. The fraction of sp³-hybridized carbons (Fsp3) is 0.625. The maximum atomic E-state index is 10.9. The number of hydrogen-bond donors (Lipinski definition) is 3. The molecule has 0 spiro atoms. The van der Waals surface area contributed by atoms with Gasteiger partial charge in [-0.1, -0.05) is 43.2 Å². The number of ether oxygens (including phenoxy) is 1. The molecule has 1 aromatic carbocycles. The summed E-state index contributed by atoms with van der Waals surface area (Å²) >= 11 is 0. The topological polar surface area (TPSA) is 87.0 Å². The van der Waals surface area contributed by atoms with E-state index in [4.69, 9.17) is 9.84 Å². The van der Waals surface area contributed by atoms with E-state index in [2.05, 4.69) is 17.9 Å². The lowest BCUT2D eigenvalue weighted by Gasteiger charge is -2.30. The fourth-order valence-electron chi connectivity index (χ4n) is 5.52. The van der Waals surface area contributed by atoms with E-state index in [0.717, 1.165) is 36.8 Å². The van der Waals surface area contributed by atoms with Crippen LogP contribution in [0, 0.1) is 35.5 Å². The summed E-state index contributed by atoms with van der Waals surface area (Å²) in [6.07, 6.45) is 6.88. The minimum absolute atomic E-state index is 0.116. The number of aliphatic hydroxyl groups is 2. The molecule has 2 saturated carbocycles. The number of rotatable bonds is 4. The van der Waals surface area contributed by atoms with Crippen molar-refractivity contribution in [1.82, 2.24) is 0 Å². The first-order valence-corrected chi connectivity index (χ1v) is 10.9. The highest BCUT2D eigenvalue weighted by atomic mass is 16.5. The maximum Gasteiger partial charge on any atom is 0.341 e. The van der Waals surface area contributed by atoms with Gasteiger partial charge in [0.05, 0.1) is 6.10 Å². The molecular formula is C24H30O5. The Balaban J connectivity index is 1.49. The number of aliphatic carboxylic acids is 1. The van der Waals surface area contributed by atoms with Gasteiger partial charge in [0.2, 0.25) is 0 Å². The Morgan fingerprint density at radius 3 is 2.76 bits per heavy atom. The molecule has 5 atom stereocenters. The van der Waals surface area contributed by atoms with Crippen LogP contribution in [-0.4, -0.2) is 40.1 Å². The third kappa shape index (κ3) is 4.44. The maximum absolute atomic E-state index is 10.9.